The van der Waals surface area contributed by atoms with E-state index in [0.717, 1.165) is 19.3 Å². The Hall–Kier alpha value is -2.69. The van der Waals surface area contributed by atoms with Crippen LogP contribution >= 0.6 is 0 Å². The summed E-state index contributed by atoms with van der Waals surface area (Å²) in [4.78, 5) is 17.0. The number of oxime groups is 1. The zero-order valence-corrected chi connectivity index (χ0v) is 13.2. The number of halogens is 1. The second-order valence-corrected chi connectivity index (χ2v) is 5.77. The molecular formula is C19H19FN2O2. The number of carbonyl (C=O) groups excluding carboxylic acids is 1. The predicted octanol–water partition coefficient (Wildman–Crippen LogP) is 3.37. The maximum Gasteiger partial charge on any atom is 0.261 e. The van der Waals surface area contributed by atoms with Crippen LogP contribution in [0.15, 0.2) is 53.7 Å². The lowest BCUT2D eigenvalue weighted by atomic mass is 9.88. The molecule has 4 nitrogen and oxygen atoms in total. The first kappa shape index (κ1) is 16.2. The van der Waals surface area contributed by atoms with Crippen molar-refractivity contribution >= 4 is 12.1 Å². The standard InChI is InChI=1S/C19H19FN2O2/c20-16-8-3-5-14(11-16)12-21-24-13-19(23)22-18-10-4-7-15-6-1-2-9-17(15)18/h1-3,5-6,8-9,11-12,18H,4,7,10,13H2,(H,22,23)/b21-12-/t18-/m1/s1. The number of hydrogen-bond donors (Lipinski definition) is 1. The molecule has 0 saturated heterocycles. The Balaban J connectivity index is 1.50. The molecule has 1 N–H and O–H groups in total. The van der Waals surface area contributed by atoms with Crippen molar-refractivity contribution in [3.8, 4) is 0 Å². The molecule has 2 aromatic carbocycles. The summed E-state index contributed by atoms with van der Waals surface area (Å²) in [6, 6.07) is 14.2. The average Bonchev–Trinajstić information content (AvgIpc) is 2.59. The highest BCUT2D eigenvalue weighted by Crippen LogP contribution is 2.29. The van der Waals surface area contributed by atoms with Crippen LogP contribution in [0.25, 0.3) is 0 Å². The number of carbonyl (C=O) groups is 1. The molecule has 0 spiro atoms. The van der Waals surface area contributed by atoms with Crippen LogP contribution in [0.4, 0.5) is 4.39 Å². The minimum Gasteiger partial charge on any atom is -0.386 e. The number of nitrogens with zero attached hydrogens (tertiary/aromatic N) is 1. The number of fused-ring (bicyclic) bond motifs is 1. The second-order valence-electron chi connectivity index (χ2n) is 5.77. The molecule has 1 aliphatic rings. The van der Waals surface area contributed by atoms with Gasteiger partial charge in [0.05, 0.1) is 12.3 Å². The third kappa shape index (κ3) is 4.19. The van der Waals surface area contributed by atoms with E-state index in [4.69, 9.17) is 4.84 Å². The number of benzene rings is 2. The second kappa shape index (κ2) is 7.73. The van der Waals surface area contributed by atoms with Crippen molar-refractivity contribution in [2.24, 2.45) is 5.16 Å². The maximum atomic E-state index is 13.0. The van der Waals surface area contributed by atoms with Crippen molar-refractivity contribution in [2.75, 3.05) is 6.61 Å². The van der Waals surface area contributed by atoms with Gasteiger partial charge in [-0.25, -0.2) is 4.39 Å². The van der Waals surface area contributed by atoms with Crippen molar-refractivity contribution in [1.29, 1.82) is 0 Å². The van der Waals surface area contributed by atoms with E-state index < -0.39 is 0 Å². The summed E-state index contributed by atoms with van der Waals surface area (Å²) in [6.07, 6.45) is 4.42. The molecule has 1 aliphatic carbocycles. The zero-order chi connectivity index (χ0) is 16.8. The number of hydrogen-bond acceptors (Lipinski definition) is 3. The number of rotatable bonds is 5. The Kier molecular flexibility index (Phi) is 5.21. The van der Waals surface area contributed by atoms with Crippen molar-refractivity contribution in [3.05, 3.63) is 71.0 Å². The quantitative estimate of drug-likeness (QED) is 0.676. The van der Waals surface area contributed by atoms with Crippen LogP contribution in [0.2, 0.25) is 0 Å². The first-order valence-electron chi connectivity index (χ1n) is 8.00. The summed E-state index contributed by atoms with van der Waals surface area (Å²) in [5.41, 5.74) is 3.05. The Morgan fingerprint density at radius 3 is 3.04 bits per heavy atom. The van der Waals surface area contributed by atoms with Gasteiger partial charge in [0, 0.05) is 0 Å². The molecule has 2 aromatic rings. The highest BCUT2D eigenvalue weighted by atomic mass is 19.1. The fourth-order valence-corrected chi connectivity index (χ4v) is 2.92. The predicted molar refractivity (Wildman–Crippen MR) is 90.2 cm³/mol. The Morgan fingerprint density at radius 1 is 1.29 bits per heavy atom. The Morgan fingerprint density at radius 2 is 2.17 bits per heavy atom. The normalized spacial score (nSPS) is 16.6. The van der Waals surface area contributed by atoms with Crippen molar-refractivity contribution in [1.82, 2.24) is 5.32 Å². The molecule has 24 heavy (non-hydrogen) atoms. The minimum atomic E-state index is -0.340. The lowest BCUT2D eigenvalue weighted by molar-refractivity contribution is -0.126. The van der Waals surface area contributed by atoms with E-state index in [0.29, 0.717) is 5.56 Å². The van der Waals surface area contributed by atoms with Crippen molar-refractivity contribution < 1.29 is 14.0 Å². The van der Waals surface area contributed by atoms with Crippen LogP contribution in [0.1, 0.15) is 35.6 Å². The van der Waals surface area contributed by atoms with Gasteiger partial charge in [0.15, 0.2) is 6.61 Å². The van der Waals surface area contributed by atoms with Crippen molar-refractivity contribution in [3.63, 3.8) is 0 Å². The van der Waals surface area contributed by atoms with E-state index in [2.05, 4.69) is 22.6 Å². The highest BCUT2D eigenvalue weighted by Gasteiger charge is 2.21. The summed E-state index contributed by atoms with van der Waals surface area (Å²) in [5, 5.41) is 6.69. The molecule has 0 fully saturated rings. The molecule has 0 radical (unpaired) electrons. The SMILES string of the molecule is O=C(CO/N=C\c1cccc(F)c1)N[C@@H]1CCCc2ccccc21. The van der Waals surface area contributed by atoms with E-state index in [-0.39, 0.29) is 24.4 Å². The molecule has 3 rings (SSSR count). The van der Waals surface area contributed by atoms with Crippen LogP contribution in [-0.4, -0.2) is 18.7 Å². The molecule has 0 saturated carbocycles. The number of aryl methyl sites for hydroxylation is 1. The summed E-state index contributed by atoms with van der Waals surface area (Å²) >= 11 is 0. The fraction of sp³-hybridized carbons (Fsp3) is 0.263. The van der Waals surface area contributed by atoms with Gasteiger partial charge in [-0.05, 0) is 48.1 Å². The van der Waals surface area contributed by atoms with Crippen LogP contribution in [0.3, 0.4) is 0 Å². The van der Waals surface area contributed by atoms with Gasteiger partial charge in [0.2, 0.25) is 0 Å². The van der Waals surface area contributed by atoms with Gasteiger partial charge in [0.1, 0.15) is 5.82 Å². The largest absolute Gasteiger partial charge is 0.386 e. The molecule has 1 atom stereocenters. The van der Waals surface area contributed by atoms with Gasteiger partial charge in [-0.2, -0.15) is 0 Å². The van der Waals surface area contributed by atoms with Crippen LogP contribution in [-0.2, 0) is 16.1 Å². The molecule has 1 amide bonds. The van der Waals surface area contributed by atoms with E-state index in [1.54, 1.807) is 12.1 Å². The number of nitrogens with one attached hydrogen (secondary N) is 1. The smallest absolute Gasteiger partial charge is 0.261 e. The summed E-state index contributed by atoms with van der Waals surface area (Å²) in [6.45, 7) is -0.162. The molecule has 0 aliphatic heterocycles. The maximum absolute atomic E-state index is 13.0. The first-order valence-corrected chi connectivity index (χ1v) is 8.00. The molecule has 0 heterocycles. The molecule has 0 aromatic heterocycles. The number of amides is 1. The van der Waals surface area contributed by atoms with E-state index >= 15 is 0 Å². The summed E-state index contributed by atoms with van der Waals surface area (Å²) in [7, 11) is 0. The van der Waals surface area contributed by atoms with Gasteiger partial charge >= 0.3 is 0 Å². The molecule has 124 valence electrons. The van der Waals surface area contributed by atoms with Gasteiger partial charge < -0.3 is 10.2 Å². The van der Waals surface area contributed by atoms with Gasteiger partial charge in [-0.3, -0.25) is 4.79 Å². The lowest BCUT2D eigenvalue weighted by Crippen LogP contribution is -2.33. The topological polar surface area (TPSA) is 50.7 Å². The molecule has 0 bridgehead atoms. The van der Waals surface area contributed by atoms with Crippen LogP contribution in [0.5, 0.6) is 0 Å². The van der Waals surface area contributed by atoms with E-state index in [1.807, 2.05) is 12.1 Å². The lowest BCUT2D eigenvalue weighted by Gasteiger charge is -2.26. The summed E-state index contributed by atoms with van der Waals surface area (Å²) < 4.78 is 13.0. The van der Waals surface area contributed by atoms with Crippen LogP contribution in [0, 0.1) is 5.82 Å². The average molecular weight is 326 g/mol. The minimum absolute atomic E-state index is 0.0262. The molecule has 5 heteroatoms. The highest BCUT2D eigenvalue weighted by molar-refractivity contribution is 5.80. The molecule has 0 unspecified atom stereocenters. The van der Waals surface area contributed by atoms with Crippen LogP contribution < -0.4 is 5.32 Å². The van der Waals surface area contributed by atoms with Crippen molar-refractivity contribution in [2.45, 2.75) is 25.3 Å². The molecular weight excluding hydrogens is 307 g/mol. The fourth-order valence-electron chi connectivity index (χ4n) is 2.92. The Bertz CT molecular complexity index is 746. The summed E-state index contributed by atoms with van der Waals surface area (Å²) in [5.74, 6) is -0.555. The van der Waals surface area contributed by atoms with Gasteiger partial charge in [-0.15, -0.1) is 0 Å². The zero-order valence-electron chi connectivity index (χ0n) is 13.2. The van der Waals surface area contributed by atoms with Gasteiger partial charge in [-0.1, -0.05) is 41.6 Å². The Labute approximate surface area is 140 Å². The van der Waals surface area contributed by atoms with E-state index in [1.165, 1.54) is 29.5 Å². The third-order valence-electron chi connectivity index (χ3n) is 4.03. The van der Waals surface area contributed by atoms with E-state index in [9.17, 15) is 9.18 Å². The first-order chi connectivity index (χ1) is 11.7. The monoisotopic (exact) mass is 326 g/mol. The van der Waals surface area contributed by atoms with Gasteiger partial charge in [0.25, 0.3) is 5.91 Å². The third-order valence-corrected chi connectivity index (χ3v) is 4.03.